The van der Waals surface area contributed by atoms with E-state index < -0.39 is 0 Å². The van der Waals surface area contributed by atoms with Crippen LogP contribution in [0.4, 0.5) is 9.52 Å². The molecule has 9 heteroatoms. The molecule has 1 N–H and O–H groups in total. The van der Waals surface area contributed by atoms with E-state index in [0.29, 0.717) is 16.5 Å². The Morgan fingerprint density at radius 3 is 2.53 bits per heavy atom. The van der Waals surface area contributed by atoms with Gasteiger partial charge in [-0.05, 0) is 55.8 Å². The summed E-state index contributed by atoms with van der Waals surface area (Å²) in [7, 11) is 0. The molecule has 152 valence electrons. The first kappa shape index (κ1) is 20.4. The SMILES string of the molecule is Cc1nc(NC(=O)c2nnn(-c3ccc(F)cc3)c2C)sc1Cc1ccc(Br)cc1. The number of amides is 1. The van der Waals surface area contributed by atoms with Gasteiger partial charge in [0.15, 0.2) is 10.8 Å². The first-order valence-corrected chi connectivity index (χ1v) is 10.7. The maximum Gasteiger partial charge on any atom is 0.279 e. The third-order valence-electron chi connectivity index (χ3n) is 4.57. The molecule has 4 aromatic rings. The van der Waals surface area contributed by atoms with Gasteiger partial charge in [0.25, 0.3) is 5.91 Å². The van der Waals surface area contributed by atoms with Crippen LogP contribution in [0.3, 0.4) is 0 Å². The van der Waals surface area contributed by atoms with Crippen molar-refractivity contribution in [3.05, 3.63) is 86.3 Å². The number of thiazole rings is 1. The molecule has 0 saturated carbocycles. The normalized spacial score (nSPS) is 10.9. The minimum atomic E-state index is -0.384. The quantitative estimate of drug-likeness (QED) is 0.427. The predicted octanol–water partition coefficient (Wildman–Crippen LogP) is 5.09. The second-order valence-corrected chi connectivity index (χ2v) is 8.70. The Kier molecular flexibility index (Phi) is 5.74. The van der Waals surface area contributed by atoms with Crippen LogP contribution in [0.1, 0.15) is 32.3 Å². The molecule has 0 bridgehead atoms. The van der Waals surface area contributed by atoms with Crippen LogP contribution in [-0.2, 0) is 6.42 Å². The molecule has 0 fully saturated rings. The number of aryl methyl sites for hydroxylation is 1. The maximum absolute atomic E-state index is 13.2. The van der Waals surface area contributed by atoms with Gasteiger partial charge in [0.2, 0.25) is 0 Å². The van der Waals surface area contributed by atoms with E-state index in [2.05, 4.69) is 48.7 Å². The van der Waals surface area contributed by atoms with E-state index >= 15 is 0 Å². The van der Waals surface area contributed by atoms with E-state index in [1.807, 2.05) is 19.1 Å². The Labute approximate surface area is 184 Å². The second-order valence-electron chi connectivity index (χ2n) is 6.70. The van der Waals surface area contributed by atoms with E-state index in [4.69, 9.17) is 0 Å². The lowest BCUT2D eigenvalue weighted by molar-refractivity contribution is 0.102. The summed E-state index contributed by atoms with van der Waals surface area (Å²) in [5, 5.41) is 11.4. The van der Waals surface area contributed by atoms with Crippen molar-refractivity contribution in [1.29, 1.82) is 0 Å². The lowest BCUT2D eigenvalue weighted by Crippen LogP contribution is -2.14. The largest absolute Gasteiger partial charge is 0.296 e. The minimum Gasteiger partial charge on any atom is -0.296 e. The standard InChI is InChI=1S/C21H17BrFN5OS/c1-12-18(11-14-3-5-15(22)6-4-14)30-21(24-12)25-20(29)19-13(2)28(27-26-19)17-9-7-16(23)8-10-17/h3-10H,11H2,1-2H3,(H,24,25,29). The molecular formula is C21H17BrFN5OS. The van der Waals surface area contributed by atoms with Crippen LogP contribution in [0.2, 0.25) is 0 Å². The molecule has 2 heterocycles. The fraction of sp³-hybridized carbons (Fsp3) is 0.143. The first-order chi connectivity index (χ1) is 14.4. The van der Waals surface area contributed by atoms with Crippen LogP contribution in [-0.4, -0.2) is 25.9 Å². The molecule has 2 aromatic carbocycles. The maximum atomic E-state index is 13.2. The molecule has 30 heavy (non-hydrogen) atoms. The zero-order chi connectivity index (χ0) is 21.3. The second kappa shape index (κ2) is 8.45. The summed E-state index contributed by atoms with van der Waals surface area (Å²) in [5.74, 6) is -0.725. The number of carbonyl (C=O) groups excluding carboxylic acids is 1. The van der Waals surface area contributed by atoms with Gasteiger partial charge in [0.05, 0.1) is 17.1 Å². The van der Waals surface area contributed by atoms with Crippen LogP contribution >= 0.6 is 27.3 Å². The Balaban J connectivity index is 1.50. The monoisotopic (exact) mass is 485 g/mol. The molecule has 6 nitrogen and oxygen atoms in total. The molecule has 1 amide bonds. The molecule has 0 spiro atoms. The summed E-state index contributed by atoms with van der Waals surface area (Å²) < 4.78 is 15.7. The Morgan fingerprint density at radius 2 is 1.83 bits per heavy atom. The van der Waals surface area contributed by atoms with Gasteiger partial charge in [0.1, 0.15) is 5.82 Å². The average molecular weight is 486 g/mol. The highest BCUT2D eigenvalue weighted by molar-refractivity contribution is 9.10. The van der Waals surface area contributed by atoms with Crippen LogP contribution in [0.25, 0.3) is 5.69 Å². The number of anilines is 1. The zero-order valence-corrected chi connectivity index (χ0v) is 18.6. The summed E-state index contributed by atoms with van der Waals surface area (Å²) in [5.41, 5.74) is 3.43. The molecule has 2 aromatic heterocycles. The van der Waals surface area contributed by atoms with E-state index in [1.165, 1.54) is 33.7 Å². The summed E-state index contributed by atoms with van der Waals surface area (Å²) in [6.07, 6.45) is 0.742. The Morgan fingerprint density at radius 1 is 1.13 bits per heavy atom. The van der Waals surface area contributed by atoms with Crippen molar-refractivity contribution in [3.8, 4) is 5.69 Å². The summed E-state index contributed by atoms with van der Waals surface area (Å²) in [4.78, 5) is 18.3. The van der Waals surface area contributed by atoms with Crippen molar-refractivity contribution >= 4 is 38.3 Å². The van der Waals surface area contributed by atoms with E-state index in [-0.39, 0.29) is 17.4 Å². The number of hydrogen-bond acceptors (Lipinski definition) is 5. The van der Waals surface area contributed by atoms with Crippen molar-refractivity contribution in [2.24, 2.45) is 0 Å². The highest BCUT2D eigenvalue weighted by Gasteiger charge is 2.19. The first-order valence-electron chi connectivity index (χ1n) is 9.11. The van der Waals surface area contributed by atoms with Crippen LogP contribution in [0, 0.1) is 19.7 Å². The molecule has 0 aliphatic rings. The molecule has 0 unspecified atom stereocenters. The van der Waals surface area contributed by atoms with Gasteiger partial charge in [-0.15, -0.1) is 16.4 Å². The fourth-order valence-corrected chi connectivity index (χ4v) is 4.21. The molecule has 0 saturated heterocycles. The third kappa shape index (κ3) is 4.31. The fourth-order valence-electron chi connectivity index (χ4n) is 2.96. The van der Waals surface area contributed by atoms with Gasteiger partial charge < -0.3 is 0 Å². The van der Waals surface area contributed by atoms with Crippen molar-refractivity contribution in [2.45, 2.75) is 20.3 Å². The molecule has 4 rings (SSSR count). The molecule has 0 atom stereocenters. The average Bonchev–Trinajstić information content (AvgIpc) is 3.26. The highest BCUT2D eigenvalue weighted by Crippen LogP contribution is 2.26. The van der Waals surface area contributed by atoms with Crippen molar-refractivity contribution in [2.75, 3.05) is 5.32 Å². The lowest BCUT2D eigenvalue weighted by atomic mass is 10.1. The van der Waals surface area contributed by atoms with Gasteiger partial charge in [-0.3, -0.25) is 10.1 Å². The number of carbonyl (C=O) groups is 1. The van der Waals surface area contributed by atoms with Crippen LogP contribution in [0.15, 0.2) is 53.0 Å². The molecule has 0 aliphatic heterocycles. The molecular weight excluding hydrogens is 469 g/mol. The Bertz CT molecular complexity index is 1200. The van der Waals surface area contributed by atoms with E-state index in [1.54, 1.807) is 19.1 Å². The van der Waals surface area contributed by atoms with Gasteiger partial charge in [0, 0.05) is 15.8 Å². The summed E-state index contributed by atoms with van der Waals surface area (Å²) >= 11 is 4.88. The lowest BCUT2D eigenvalue weighted by Gasteiger charge is -2.03. The van der Waals surface area contributed by atoms with Gasteiger partial charge >= 0.3 is 0 Å². The zero-order valence-electron chi connectivity index (χ0n) is 16.2. The number of rotatable bonds is 5. The Hall–Kier alpha value is -2.91. The number of hydrogen-bond donors (Lipinski definition) is 1. The number of aromatic nitrogens is 4. The molecule has 0 radical (unpaired) electrons. The van der Waals surface area contributed by atoms with Crippen LogP contribution in [0.5, 0.6) is 0 Å². The van der Waals surface area contributed by atoms with E-state index in [9.17, 15) is 9.18 Å². The van der Waals surface area contributed by atoms with Gasteiger partial charge in [-0.25, -0.2) is 14.1 Å². The summed E-state index contributed by atoms with van der Waals surface area (Å²) in [6.45, 7) is 3.67. The van der Waals surface area contributed by atoms with Crippen LogP contribution < -0.4 is 5.32 Å². The van der Waals surface area contributed by atoms with Gasteiger partial charge in [-0.1, -0.05) is 33.3 Å². The number of benzene rings is 2. The minimum absolute atomic E-state index is 0.196. The van der Waals surface area contributed by atoms with Crippen molar-refractivity contribution in [3.63, 3.8) is 0 Å². The van der Waals surface area contributed by atoms with Crippen molar-refractivity contribution < 1.29 is 9.18 Å². The third-order valence-corrected chi connectivity index (χ3v) is 6.17. The predicted molar refractivity (Wildman–Crippen MR) is 118 cm³/mol. The topological polar surface area (TPSA) is 72.7 Å². The summed E-state index contributed by atoms with van der Waals surface area (Å²) in [6, 6.07) is 13.9. The number of halogens is 2. The number of nitrogens with zero attached hydrogens (tertiary/aromatic N) is 4. The van der Waals surface area contributed by atoms with Gasteiger partial charge in [-0.2, -0.15) is 0 Å². The smallest absolute Gasteiger partial charge is 0.279 e. The van der Waals surface area contributed by atoms with E-state index in [0.717, 1.165) is 21.5 Å². The van der Waals surface area contributed by atoms with Crippen molar-refractivity contribution in [1.82, 2.24) is 20.0 Å². The number of nitrogens with one attached hydrogen (secondary N) is 1. The molecule has 0 aliphatic carbocycles. The highest BCUT2D eigenvalue weighted by atomic mass is 79.9.